The average molecular weight is 434 g/mol. The van der Waals surface area contributed by atoms with Crippen LogP contribution in [0.15, 0.2) is 46.9 Å². The summed E-state index contributed by atoms with van der Waals surface area (Å²) in [6, 6.07) is 12.4. The van der Waals surface area contributed by atoms with Crippen LogP contribution in [0.5, 0.6) is 0 Å². The summed E-state index contributed by atoms with van der Waals surface area (Å²) >= 11 is 9.34. The summed E-state index contributed by atoms with van der Waals surface area (Å²) in [6.07, 6.45) is -0.335. The molecule has 5 nitrogen and oxygen atoms in total. The van der Waals surface area contributed by atoms with Gasteiger partial charge in [0, 0.05) is 15.7 Å². The van der Waals surface area contributed by atoms with E-state index in [0.717, 1.165) is 15.7 Å². The third-order valence-electron chi connectivity index (χ3n) is 3.68. The SMILES string of the molecule is O=C(NCC#Cc1ccc(N2CCOC2=O)cc1)c1cc(Br)ccc1Cl. The molecule has 0 atom stereocenters. The van der Waals surface area contributed by atoms with Gasteiger partial charge in [0.25, 0.3) is 5.91 Å². The Morgan fingerprint density at radius 3 is 2.73 bits per heavy atom. The number of halogens is 2. The fourth-order valence-electron chi connectivity index (χ4n) is 2.39. The van der Waals surface area contributed by atoms with Crippen molar-refractivity contribution >= 4 is 45.2 Å². The van der Waals surface area contributed by atoms with Gasteiger partial charge < -0.3 is 10.1 Å². The molecule has 1 aliphatic rings. The third-order valence-corrected chi connectivity index (χ3v) is 4.51. The summed E-state index contributed by atoms with van der Waals surface area (Å²) in [5, 5.41) is 3.10. The molecular weight excluding hydrogens is 420 g/mol. The van der Waals surface area contributed by atoms with E-state index in [2.05, 4.69) is 33.1 Å². The number of benzene rings is 2. The van der Waals surface area contributed by atoms with Crippen LogP contribution in [0.2, 0.25) is 5.02 Å². The highest BCUT2D eigenvalue weighted by atomic mass is 79.9. The molecule has 2 aromatic rings. The molecule has 2 amide bonds. The molecule has 1 N–H and O–H groups in total. The van der Waals surface area contributed by atoms with E-state index in [0.29, 0.717) is 23.7 Å². The van der Waals surface area contributed by atoms with Gasteiger partial charge in [-0.1, -0.05) is 39.4 Å². The fraction of sp³-hybridized carbons (Fsp3) is 0.158. The molecule has 26 heavy (non-hydrogen) atoms. The standard InChI is InChI=1S/C19H14BrClN2O3/c20-14-5-8-17(21)16(12-14)18(24)22-9-1-2-13-3-6-15(7-4-13)23-10-11-26-19(23)25/h3-8,12H,9-11H2,(H,22,24). The highest BCUT2D eigenvalue weighted by Gasteiger charge is 2.23. The molecule has 0 spiro atoms. The first kappa shape index (κ1) is 18.3. The molecule has 1 heterocycles. The van der Waals surface area contributed by atoms with Crippen LogP contribution in [0.25, 0.3) is 0 Å². The zero-order valence-electron chi connectivity index (χ0n) is 13.6. The van der Waals surface area contributed by atoms with Gasteiger partial charge in [0.05, 0.1) is 23.7 Å². The average Bonchev–Trinajstić information content (AvgIpc) is 3.07. The molecule has 3 rings (SSSR count). The van der Waals surface area contributed by atoms with Gasteiger partial charge in [-0.15, -0.1) is 0 Å². The molecule has 132 valence electrons. The Kier molecular flexibility index (Phi) is 5.82. The van der Waals surface area contributed by atoms with E-state index >= 15 is 0 Å². The lowest BCUT2D eigenvalue weighted by Gasteiger charge is -2.11. The molecule has 7 heteroatoms. The van der Waals surface area contributed by atoms with Crippen LogP contribution >= 0.6 is 27.5 Å². The summed E-state index contributed by atoms with van der Waals surface area (Å²) in [4.78, 5) is 25.2. The second-order valence-electron chi connectivity index (χ2n) is 5.42. The minimum absolute atomic E-state index is 0.196. The maximum atomic E-state index is 12.1. The van der Waals surface area contributed by atoms with E-state index in [-0.39, 0.29) is 18.5 Å². The van der Waals surface area contributed by atoms with Crippen molar-refractivity contribution < 1.29 is 14.3 Å². The Balaban J connectivity index is 1.57. The normalized spacial score (nSPS) is 13.0. The number of anilines is 1. The molecule has 0 aromatic heterocycles. The number of carbonyl (C=O) groups is 2. The van der Waals surface area contributed by atoms with E-state index in [1.807, 2.05) is 24.3 Å². The second-order valence-corrected chi connectivity index (χ2v) is 6.74. The Morgan fingerprint density at radius 1 is 1.27 bits per heavy atom. The van der Waals surface area contributed by atoms with Crippen molar-refractivity contribution in [3.8, 4) is 11.8 Å². The van der Waals surface area contributed by atoms with Crippen molar-refractivity contribution in [1.29, 1.82) is 0 Å². The number of hydrogen-bond donors (Lipinski definition) is 1. The minimum atomic E-state index is -0.335. The summed E-state index contributed by atoms with van der Waals surface area (Å²) in [7, 11) is 0. The van der Waals surface area contributed by atoms with Gasteiger partial charge in [-0.05, 0) is 42.5 Å². The van der Waals surface area contributed by atoms with Crippen LogP contribution in [-0.4, -0.2) is 31.7 Å². The number of rotatable bonds is 3. The first-order valence-electron chi connectivity index (χ1n) is 7.81. The smallest absolute Gasteiger partial charge is 0.414 e. The van der Waals surface area contributed by atoms with Crippen molar-refractivity contribution in [2.75, 3.05) is 24.6 Å². The van der Waals surface area contributed by atoms with Crippen molar-refractivity contribution in [1.82, 2.24) is 5.32 Å². The monoisotopic (exact) mass is 432 g/mol. The van der Waals surface area contributed by atoms with Crippen molar-refractivity contribution in [2.24, 2.45) is 0 Å². The Labute approximate surface area is 164 Å². The van der Waals surface area contributed by atoms with Gasteiger partial charge >= 0.3 is 6.09 Å². The summed E-state index contributed by atoms with van der Waals surface area (Å²) in [6.45, 7) is 1.15. The van der Waals surface area contributed by atoms with Crippen LogP contribution in [0, 0.1) is 11.8 Å². The minimum Gasteiger partial charge on any atom is -0.447 e. The predicted octanol–water partition coefficient (Wildman–Crippen LogP) is 3.84. The van der Waals surface area contributed by atoms with E-state index in [9.17, 15) is 9.59 Å². The number of amides is 2. The second kappa shape index (κ2) is 8.26. The van der Waals surface area contributed by atoms with Gasteiger partial charge in [0.1, 0.15) is 6.61 Å². The van der Waals surface area contributed by atoms with Gasteiger partial charge in [-0.2, -0.15) is 0 Å². The largest absolute Gasteiger partial charge is 0.447 e. The quantitative estimate of drug-likeness (QED) is 0.748. The predicted molar refractivity (Wildman–Crippen MR) is 103 cm³/mol. The van der Waals surface area contributed by atoms with E-state index in [1.54, 1.807) is 23.1 Å². The number of cyclic esters (lactones) is 1. The molecule has 0 aliphatic carbocycles. The molecule has 0 unspecified atom stereocenters. The Hall–Kier alpha value is -2.49. The third kappa shape index (κ3) is 4.37. The molecule has 1 fully saturated rings. The number of nitrogens with zero attached hydrogens (tertiary/aromatic N) is 1. The van der Waals surface area contributed by atoms with Crippen LogP contribution in [0.4, 0.5) is 10.5 Å². The van der Waals surface area contributed by atoms with Crippen LogP contribution in [0.3, 0.4) is 0 Å². The molecule has 0 saturated carbocycles. The first-order valence-corrected chi connectivity index (χ1v) is 8.98. The zero-order chi connectivity index (χ0) is 18.5. The summed E-state index contributed by atoms with van der Waals surface area (Å²) in [5.74, 6) is 5.57. The van der Waals surface area contributed by atoms with Crippen molar-refractivity contribution in [2.45, 2.75) is 0 Å². The topological polar surface area (TPSA) is 58.6 Å². The molecule has 1 aliphatic heterocycles. The summed E-state index contributed by atoms with van der Waals surface area (Å²) < 4.78 is 5.69. The molecule has 0 bridgehead atoms. The Bertz CT molecular complexity index is 903. The highest BCUT2D eigenvalue weighted by molar-refractivity contribution is 9.10. The number of hydrogen-bond acceptors (Lipinski definition) is 3. The van der Waals surface area contributed by atoms with Crippen molar-refractivity contribution in [3.05, 3.63) is 63.1 Å². The zero-order valence-corrected chi connectivity index (χ0v) is 15.9. The highest BCUT2D eigenvalue weighted by Crippen LogP contribution is 2.21. The lowest BCUT2D eigenvalue weighted by Crippen LogP contribution is -2.24. The van der Waals surface area contributed by atoms with Gasteiger partial charge in [0.15, 0.2) is 0 Å². The van der Waals surface area contributed by atoms with Gasteiger partial charge in [-0.25, -0.2) is 4.79 Å². The fourth-order valence-corrected chi connectivity index (χ4v) is 2.95. The van der Waals surface area contributed by atoms with Gasteiger partial charge in [-0.3, -0.25) is 9.69 Å². The van der Waals surface area contributed by atoms with Crippen LogP contribution in [-0.2, 0) is 4.74 Å². The maximum Gasteiger partial charge on any atom is 0.414 e. The molecule has 1 saturated heterocycles. The van der Waals surface area contributed by atoms with E-state index < -0.39 is 0 Å². The van der Waals surface area contributed by atoms with Crippen molar-refractivity contribution in [3.63, 3.8) is 0 Å². The van der Waals surface area contributed by atoms with Crippen LogP contribution < -0.4 is 10.2 Å². The first-order chi connectivity index (χ1) is 12.5. The number of ether oxygens (including phenoxy) is 1. The lowest BCUT2D eigenvalue weighted by molar-refractivity contribution is 0.0958. The molecular formula is C19H14BrClN2O3. The molecule has 2 aromatic carbocycles. The van der Waals surface area contributed by atoms with Gasteiger partial charge in [0.2, 0.25) is 0 Å². The van der Waals surface area contributed by atoms with Crippen LogP contribution in [0.1, 0.15) is 15.9 Å². The summed E-state index contributed by atoms with van der Waals surface area (Å²) in [5.41, 5.74) is 1.95. The number of nitrogens with one attached hydrogen (secondary N) is 1. The maximum absolute atomic E-state index is 12.1. The Morgan fingerprint density at radius 2 is 2.04 bits per heavy atom. The molecule has 0 radical (unpaired) electrons. The lowest BCUT2D eigenvalue weighted by atomic mass is 10.2. The van der Waals surface area contributed by atoms with E-state index in [4.69, 9.17) is 16.3 Å². The van der Waals surface area contributed by atoms with E-state index in [1.165, 1.54) is 0 Å². The number of carbonyl (C=O) groups excluding carboxylic acids is 2.